The van der Waals surface area contributed by atoms with Crippen LogP contribution in [0.2, 0.25) is 5.02 Å². The van der Waals surface area contributed by atoms with E-state index >= 15 is 0 Å². The zero-order valence-electron chi connectivity index (χ0n) is 12.0. The summed E-state index contributed by atoms with van der Waals surface area (Å²) in [6.45, 7) is 2.04. The highest BCUT2D eigenvalue weighted by Gasteiger charge is 2.20. The number of allylic oxidation sites excluding steroid dienone is 1. The molecular weight excluding hydrogens is 318 g/mol. The Morgan fingerprint density at radius 2 is 1.73 bits per heavy atom. The summed E-state index contributed by atoms with van der Waals surface area (Å²) in [5, 5.41) is 9.66. The largest absolute Gasteiger partial charge is 0.218 e. The molecular formula is C17H14ClNO2S. The van der Waals surface area contributed by atoms with Crippen molar-refractivity contribution in [2.75, 3.05) is 0 Å². The highest BCUT2D eigenvalue weighted by atomic mass is 35.5. The molecule has 22 heavy (non-hydrogen) atoms. The van der Waals surface area contributed by atoms with Crippen LogP contribution < -0.4 is 0 Å². The molecule has 0 saturated heterocycles. The fraction of sp³-hybridized carbons (Fsp3) is 0.118. The van der Waals surface area contributed by atoms with Crippen LogP contribution in [0.25, 0.3) is 6.08 Å². The maximum atomic E-state index is 12.5. The van der Waals surface area contributed by atoms with Crippen LogP contribution in [-0.2, 0) is 16.3 Å². The Hall–Kier alpha value is -2.09. The van der Waals surface area contributed by atoms with Crippen molar-refractivity contribution >= 4 is 27.5 Å². The number of benzene rings is 2. The van der Waals surface area contributed by atoms with Crippen molar-refractivity contribution in [2.24, 2.45) is 0 Å². The lowest BCUT2D eigenvalue weighted by Crippen LogP contribution is -2.03. The van der Waals surface area contributed by atoms with Gasteiger partial charge in [-0.05, 0) is 47.9 Å². The molecule has 2 rings (SSSR count). The Morgan fingerprint density at radius 3 is 2.23 bits per heavy atom. The fourth-order valence-electron chi connectivity index (χ4n) is 1.91. The Bertz CT molecular complexity index is 830. The molecule has 0 aliphatic rings. The van der Waals surface area contributed by atoms with Gasteiger partial charge in [-0.25, -0.2) is 8.42 Å². The van der Waals surface area contributed by atoms with Crippen molar-refractivity contribution in [3.63, 3.8) is 0 Å². The standard InChI is InChI=1S/C17H14ClNO2S/c1-2-13-3-5-14(6-4-13)11-17(12-19)22(20,21)16-9-7-15(18)8-10-16/h3-11H,2H2,1H3/b17-11-. The zero-order chi connectivity index (χ0) is 16.2. The summed E-state index contributed by atoms with van der Waals surface area (Å²) < 4.78 is 24.9. The van der Waals surface area contributed by atoms with Crippen molar-refractivity contribution in [3.8, 4) is 6.07 Å². The van der Waals surface area contributed by atoms with Gasteiger partial charge in [0.2, 0.25) is 9.84 Å². The van der Waals surface area contributed by atoms with E-state index in [1.54, 1.807) is 18.2 Å². The molecule has 5 heteroatoms. The second kappa shape index (κ2) is 6.78. The molecule has 112 valence electrons. The molecule has 2 aromatic rings. The maximum Gasteiger partial charge on any atom is 0.216 e. The van der Waals surface area contributed by atoms with Crippen molar-refractivity contribution in [1.29, 1.82) is 5.26 Å². The number of rotatable bonds is 4. The predicted octanol–water partition coefficient (Wildman–Crippen LogP) is 4.24. The van der Waals surface area contributed by atoms with Gasteiger partial charge in [0.1, 0.15) is 11.0 Å². The van der Waals surface area contributed by atoms with E-state index in [0.717, 1.165) is 12.0 Å². The van der Waals surface area contributed by atoms with Crippen LogP contribution >= 0.6 is 11.6 Å². The molecule has 0 heterocycles. The first-order valence-electron chi connectivity index (χ1n) is 6.68. The number of nitrogens with zero attached hydrogens (tertiary/aromatic N) is 1. The monoisotopic (exact) mass is 331 g/mol. The Kier molecular flexibility index (Phi) is 5.02. The minimum absolute atomic E-state index is 0.0508. The van der Waals surface area contributed by atoms with Gasteiger partial charge in [-0.2, -0.15) is 5.26 Å². The van der Waals surface area contributed by atoms with Gasteiger partial charge >= 0.3 is 0 Å². The number of nitriles is 1. The van der Waals surface area contributed by atoms with Crippen molar-refractivity contribution in [2.45, 2.75) is 18.2 Å². The lowest BCUT2D eigenvalue weighted by molar-refractivity contribution is 0.603. The van der Waals surface area contributed by atoms with Gasteiger partial charge in [0.25, 0.3) is 0 Å². The lowest BCUT2D eigenvalue weighted by Gasteiger charge is -2.04. The summed E-state index contributed by atoms with van der Waals surface area (Å²) in [6.07, 6.45) is 2.28. The van der Waals surface area contributed by atoms with Crippen molar-refractivity contribution < 1.29 is 8.42 Å². The van der Waals surface area contributed by atoms with Crippen molar-refractivity contribution in [3.05, 3.63) is 69.6 Å². The molecule has 0 radical (unpaired) electrons. The number of halogens is 1. The first-order valence-corrected chi connectivity index (χ1v) is 8.55. The van der Waals surface area contributed by atoms with Gasteiger partial charge < -0.3 is 0 Å². The van der Waals surface area contributed by atoms with Crippen LogP contribution in [0.4, 0.5) is 0 Å². The molecule has 0 saturated carbocycles. The first-order chi connectivity index (χ1) is 10.5. The second-order valence-electron chi connectivity index (χ2n) is 4.67. The van der Waals surface area contributed by atoms with E-state index < -0.39 is 9.84 Å². The van der Waals surface area contributed by atoms with Crippen LogP contribution in [0, 0.1) is 11.3 Å². The van der Waals surface area contributed by atoms with E-state index in [1.165, 1.54) is 30.3 Å². The highest BCUT2D eigenvalue weighted by molar-refractivity contribution is 7.95. The average Bonchev–Trinajstić information content (AvgIpc) is 2.53. The molecule has 0 spiro atoms. The molecule has 0 bridgehead atoms. The molecule has 0 unspecified atom stereocenters. The number of hydrogen-bond donors (Lipinski definition) is 0. The normalized spacial score (nSPS) is 12.0. The van der Waals surface area contributed by atoms with E-state index in [-0.39, 0.29) is 9.80 Å². The highest BCUT2D eigenvalue weighted by Crippen LogP contribution is 2.23. The molecule has 0 aliphatic carbocycles. The quantitative estimate of drug-likeness (QED) is 0.787. The predicted molar refractivity (Wildman–Crippen MR) is 88.0 cm³/mol. The van der Waals surface area contributed by atoms with Crippen LogP contribution in [-0.4, -0.2) is 8.42 Å². The van der Waals surface area contributed by atoms with Crippen LogP contribution in [0.1, 0.15) is 18.1 Å². The van der Waals surface area contributed by atoms with Crippen LogP contribution in [0.5, 0.6) is 0 Å². The second-order valence-corrected chi connectivity index (χ2v) is 7.03. The zero-order valence-corrected chi connectivity index (χ0v) is 13.5. The third kappa shape index (κ3) is 3.56. The summed E-state index contributed by atoms with van der Waals surface area (Å²) in [4.78, 5) is -0.242. The number of hydrogen-bond acceptors (Lipinski definition) is 3. The Labute approximate surface area is 135 Å². The van der Waals surface area contributed by atoms with Gasteiger partial charge in [0.05, 0.1) is 4.90 Å². The molecule has 0 N–H and O–H groups in total. The summed E-state index contributed by atoms with van der Waals surface area (Å²) >= 11 is 5.76. The van der Waals surface area contributed by atoms with E-state index in [2.05, 4.69) is 0 Å². The molecule has 0 atom stereocenters. The van der Waals surface area contributed by atoms with Gasteiger partial charge in [-0.15, -0.1) is 0 Å². The van der Waals surface area contributed by atoms with Crippen LogP contribution in [0.15, 0.2) is 58.3 Å². The fourth-order valence-corrected chi connectivity index (χ4v) is 3.20. The van der Waals surface area contributed by atoms with Gasteiger partial charge in [0, 0.05) is 5.02 Å². The third-order valence-corrected chi connectivity index (χ3v) is 5.14. The average molecular weight is 332 g/mol. The van der Waals surface area contributed by atoms with Gasteiger partial charge in [-0.1, -0.05) is 42.8 Å². The molecule has 2 aromatic carbocycles. The first kappa shape index (κ1) is 16.3. The molecule has 0 fully saturated rings. The summed E-state index contributed by atoms with van der Waals surface area (Å²) in [6, 6.07) is 15.0. The lowest BCUT2D eigenvalue weighted by atomic mass is 10.1. The van der Waals surface area contributed by atoms with Gasteiger partial charge in [0.15, 0.2) is 0 Å². The number of aryl methyl sites for hydroxylation is 1. The maximum absolute atomic E-state index is 12.5. The van der Waals surface area contributed by atoms with Crippen molar-refractivity contribution in [1.82, 2.24) is 0 Å². The smallest absolute Gasteiger partial charge is 0.216 e. The van der Waals surface area contributed by atoms with Crippen LogP contribution in [0.3, 0.4) is 0 Å². The molecule has 0 aliphatic heterocycles. The SMILES string of the molecule is CCc1ccc(/C=C(/C#N)S(=O)(=O)c2ccc(Cl)cc2)cc1. The van der Waals surface area contributed by atoms with E-state index in [9.17, 15) is 13.7 Å². The third-order valence-electron chi connectivity index (χ3n) is 3.21. The molecule has 0 aromatic heterocycles. The summed E-state index contributed by atoms with van der Waals surface area (Å²) in [5.74, 6) is 0. The summed E-state index contributed by atoms with van der Waals surface area (Å²) in [7, 11) is -3.84. The minimum Gasteiger partial charge on any atom is -0.218 e. The molecule has 0 amide bonds. The number of sulfone groups is 1. The van der Waals surface area contributed by atoms with Gasteiger partial charge in [-0.3, -0.25) is 0 Å². The van der Waals surface area contributed by atoms with E-state index in [4.69, 9.17) is 11.6 Å². The Balaban J connectivity index is 2.43. The van der Waals surface area contributed by atoms with E-state index in [0.29, 0.717) is 10.6 Å². The topological polar surface area (TPSA) is 57.9 Å². The molecule has 3 nitrogen and oxygen atoms in total. The minimum atomic E-state index is -3.84. The van der Waals surface area contributed by atoms with E-state index in [1.807, 2.05) is 19.1 Å². The summed E-state index contributed by atoms with van der Waals surface area (Å²) in [5.41, 5.74) is 1.82. The Morgan fingerprint density at radius 1 is 1.14 bits per heavy atom.